The van der Waals surface area contributed by atoms with Crippen LogP contribution in [0.3, 0.4) is 0 Å². The molecule has 0 aromatic carbocycles. The molecule has 0 atom stereocenters. The van der Waals surface area contributed by atoms with Gasteiger partial charge in [-0.1, -0.05) is 20.8 Å². The number of piperidine rings is 1. The van der Waals surface area contributed by atoms with Crippen molar-refractivity contribution in [1.29, 1.82) is 0 Å². The van der Waals surface area contributed by atoms with E-state index < -0.39 is 0 Å². The molecule has 2 heterocycles. The van der Waals surface area contributed by atoms with Crippen LogP contribution < -0.4 is 5.32 Å². The van der Waals surface area contributed by atoms with Crippen molar-refractivity contribution in [2.75, 3.05) is 26.2 Å². The largest absolute Gasteiger partial charge is 0.356 e. The quantitative estimate of drug-likeness (QED) is 0.734. The number of amides is 1. The van der Waals surface area contributed by atoms with Crippen LogP contribution in [0.1, 0.15) is 40.0 Å². The van der Waals surface area contributed by atoms with E-state index in [1.807, 2.05) is 0 Å². The van der Waals surface area contributed by atoms with E-state index in [0.717, 1.165) is 26.1 Å². The average molecular weight is 224 g/mol. The number of nitrogens with one attached hydrogen (secondary N) is 1. The summed E-state index contributed by atoms with van der Waals surface area (Å²) in [7, 11) is 0. The molecule has 3 nitrogen and oxygen atoms in total. The number of nitrogens with zero attached hydrogens (tertiary/aromatic N) is 1. The van der Waals surface area contributed by atoms with E-state index in [4.69, 9.17) is 0 Å². The van der Waals surface area contributed by atoms with Gasteiger partial charge in [0.2, 0.25) is 5.91 Å². The molecule has 2 saturated heterocycles. The Labute approximate surface area is 98.6 Å². The molecular formula is C13H24N2O. The fourth-order valence-corrected chi connectivity index (χ4v) is 2.96. The molecule has 3 heteroatoms. The first-order valence-corrected chi connectivity index (χ1v) is 6.38. The third kappa shape index (κ3) is 2.76. The van der Waals surface area contributed by atoms with Crippen LogP contribution in [0, 0.1) is 10.8 Å². The second-order valence-electron chi connectivity index (χ2n) is 6.79. The number of hydrogen-bond acceptors (Lipinski definition) is 2. The summed E-state index contributed by atoms with van der Waals surface area (Å²) in [4.78, 5) is 13.9. The molecule has 2 rings (SSSR count). The van der Waals surface area contributed by atoms with Crippen molar-refractivity contribution in [3.05, 3.63) is 0 Å². The van der Waals surface area contributed by atoms with Gasteiger partial charge in [0.1, 0.15) is 0 Å². The molecule has 2 fully saturated rings. The first-order chi connectivity index (χ1) is 7.39. The topological polar surface area (TPSA) is 32.3 Å². The van der Waals surface area contributed by atoms with Gasteiger partial charge in [0.05, 0.1) is 0 Å². The van der Waals surface area contributed by atoms with Crippen molar-refractivity contribution in [1.82, 2.24) is 10.2 Å². The third-order valence-corrected chi connectivity index (χ3v) is 3.81. The summed E-state index contributed by atoms with van der Waals surface area (Å²) >= 11 is 0. The highest BCUT2D eigenvalue weighted by molar-refractivity contribution is 5.79. The molecule has 0 bridgehead atoms. The predicted molar refractivity (Wildman–Crippen MR) is 65.2 cm³/mol. The first kappa shape index (κ1) is 11.9. The van der Waals surface area contributed by atoms with E-state index in [2.05, 4.69) is 31.0 Å². The Balaban J connectivity index is 1.85. The zero-order valence-electron chi connectivity index (χ0n) is 10.8. The van der Waals surface area contributed by atoms with Gasteiger partial charge in [-0.25, -0.2) is 0 Å². The number of rotatable bonds is 1. The zero-order valence-corrected chi connectivity index (χ0v) is 10.8. The van der Waals surface area contributed by atoms with Crippen molar-refractivity contribution in [3.8, 4) is 0 Å². The van der Waals surface area contributed by atoms with Crippen LogP contribution in [0.25, 0.3) is 0 Å². The van der Waals surface area contributed by atoms with Gasteiger partial charge in [-0.2, -0.15) is 0 Å². The molecule has 1 N–H and O–H groups in total. The summed E-state index contributed by atoms with van der Waals surface area (Å²) in [5.74, 6) is 0.254. The molecule has 16 heavy (non-hydrogen) atoms. The molecule has 0 saturated carbocycles. The lowest BCUT2D eigenvalue weighted by atomic mass is 9.77. The van der Waals surface area contributed by atoms with Crippen molar-refractivity contribution in [2.45, 2.75) is 40.0 Å². The van der Waals surface area contributed by atoms with Gasteiger partial charge in [0.25, 0.3) is 0 Å². The summed E-state index contributed by atoms with van der Waals surface area (Å²) < 4.78 is 0. The lowest BCUT2D eigenvalue weighted by Gasteiger charge is -2.40. The van der Waals surface area contributed by atoms with E-state index in [1.165, 1.54) is 19.4 Å². The van der Waals surface area contributed by atoms with Gasteiger partial charge >= 0.3 is 0 Å². The van der Waals surface area contributed by atoms with Crippen molar-refractivity contribution >= 4 is 5.91 Å². The number of hydrogen-bond donors (Lipinski definition) is 1. The van der Waals surface area contributed by atoms with Gasteiger partial charge in [-0.15, -0.1) is 0 Å². The van der Waals surface area contributed by atoms with E-state index >= 15 is 0 Å². The first-order valence-electron chi connectivity index (χ1n) is 6.38. The molecule has 1 amide bonds. The van der Waals surface area contributed by atoms with Gasteiger partial charge in [0, 0.05) is 19.5 Å². The lowest BCUT2D eigenvalue weighted by Crippen LogP contribution is -2.44. The van der Waals surface area contributed by atoms with E-state index in [1.54, 1.807) is 0 Å². The second kappa shape index (κ2) is 4.02. The molecule has 0 aliphatic carbocycles. The summed E-state index contributed by atoms with van der Waals surface area (Å²) in [6, 6.07) is 0. The average Bonchev–Trinajstić information content (AvgIpc) is 2.51. The number of carbonyl (C=O) groups is 1. The van der Waals surface area contributed by atoms with Gasteiger partial charge in [0.15, 0.2) is 0 Å². The van der Waals surface area contributed by atoms with Crippen LogP contribution in [0.2, 0.25) is 0 Å². The lowest BCUT2D eigenvalue weighted by molar-refractivity contribution is -0.119. The number of likely N-dealkylation sites (tertiary alicyclic amines) is 1. The van der Waals surface area contributed by atoms with E-state index in [0.29, 0.717) is 10.8 Å². The molecule has 0 radical (unpaired) electrons. The van der Waals surface area contributed by atoms with Crippen molar-refractivity contribution in [3.63, 3.8) is 0 Å². The van der Waals surface area contributed by atoms with E-state index in [-0.39, 0.29) is 5.91 Å². The van der Waals surface area contributed by atoms with Crippen LogP contribution in [0.15, 0.2) is 0 Å². The zero-order chi connectivity index (χ0) is 11.8. The maximum absolute atomic E-state index is 11.3. The normalized spacial score (nSPS) is 26.1. The van der Waals surface area contributed by atoms with Crippen molar-refractivity contribution in [2.24, 2.45) is 10.8 Å². The van der Waals surface area contributed by atoms with Crippen LogP contribution >= 0.6 is 0 Å². The number of carbonyl (C=O) groups excluding carboxylic acids is 1. The SMILES string of the molecule is CC(C)(C)CN1CCC2(CC1)CNC(=O)C2. The Morgan fingerprint density at radius 3 is 2.38 bits per heavy atom. The molecule has 92 valence electrons. The van der Waals surface area contributed by atoms with Gasteiger partial charge in [-0.05, 0) is 36.8 Å². The van der Waals surface area contributed by atoms with Crippen LogP contribution in [0.4, 0.5) is 0 Å². The Kier molecular flexibility index (Phi) is 2.99. The van der Waals surface area contributed by atoms with Gasteiger partial charge < -0.3 is 10.2 Å². The standard InChI is InChI=1S/C13H24N2O/c1-12(2,3)10-15-6-4-13(5-7-15)8-11(16)14-9-13/h4-10H2,1-3H3,(H,14,16). The summed E-state index contributed by atoms with van der Waals surface area (Å²) in [6.45, 7) is 11.3. The highest BCUT2D eigenvalue weighted by Gasteiger charge is 2.41. The molecular weight excluding hydrogens is 200 g/mol. The molecule has 0 aromatic rings. The van der Waals surface area contributed by atoms with Crippen LogP contribution in [-0.2, 0) is 4.79 Å². The molecule has 0 aromatic heterocycles. The monoisotopic (exact) mass is 224 g/mol. The molecule has 2 aliphatic rings. The highest BCUT2D eigenvalue weighted by atomic mass is 16.1. The third-order valence-electron chi connectivity index (χ3n) is 3.81. The summed E-state index contributed by atoms with van der Waals surface area (Å²) in [5.41, 5.74) is 0.680. The minimum Gasteiger partial charge on any atom is -0.356 e. The van der Waals surface area contributed by atoms with Crippen molar-refractivity contribution < 1.29 is 4.79 Å². The maximum atomic E-state index is 11.3. The second-order valence-corrected chi connectivity index (χ2v) is 6.79. The van der Waals surface area contributed by atoms with E-state index in [9.17, 15) is 4.79 Å². The highest BCUT2D eigenvalue weighted by Crippen LogP contribution is 2.37. The molecule has 0 unspecified atom stereocenters. The molecule has 2 aliphatic heterocycles. The van der Waals surface area contributed by atoms with Crippen LogP contribution in [-0.4, -0.2) is 37.0 Å². The smallest absolute Gasteiger partial charge is 0.220 e. The minimum absolute atomic E-state index is 0.254. The minimum atomic E-state index is 0.254. The Morgan fingerprint density at radius 1 is 1.31 bits per heavy atom. The fraction of sp³-hybridized carbons (Fsp3) is 0.923. The summed E-state index contributed by atoms with van der Waals surface area (Å²) in [5, 5.41) is 2.99. The maximum Gasteiger partial charge on any atom is 0.220 e. The van der Waals surface area contributed by atoms with Crippen LogP contribution in [0.5, 0.6) is 0 Å². The Hall–Kier alpha value is -0.570. The van der Waals surface area contributed by atoms with Gasteiger partial charge in [-0.3, -0.25) is 4.79 Å². The predicted octanol–water partition coefficient (Wildman–Crippen LogP) is 1.63. The Morgan fingerprint density at radius 2 is 1.94 bits per heavy atom. The fourth-order valence-electron chi connectivity index (χ4n) is 2.96. The Bertz CT molecular complexity index is 272. The molecule has 1 spiro atoms. The summed E-state index contributed by atoms with van der Waals surface area (Å²) in [6.07, 6.45) is 3.12.